The Balaban J connectivity index is 1.46. The third-order valence-corrected chi connectivity index (χ3v) is 8.98. The average molecular weight is 289 g/mol. The van der Waals surface area contributed by atoms with Crippen LogP contribution in [0.3, 0.4) is 0 Å². The van der Waals surface area contributed by atoms with Crippen LogP contribution >= 0.6 is 0 Å². The molecule has 1 saturated heterocycles. The highest BCUT2D eigenvalue weighted by molar-refractivity contribution is 5.21. The lowest BCUT2D eigenvalue weighted by molar-refractivity contribution is -0.123. The van der Waals surface area contributed by atoms with E-state index < -0.39 is 0 Å². The van der Waals surface area contributed by atoms with Crippen LogP contribution in [0.1, 0.15) is 65.2 Å². The van der Waals surface area contributed by atoms with Crippen LogP contribution in [0.15, 0.2) is 0 Å². The molecule has 0 aromatic carbocycles. The first-order valence-corrected chi connectivity index (χ1v) is 9.46. The molecule has 0 amide bonds. The number of nitrogens with one attached hydrogen (secondary N) is 1. The Morgan fingerprint density at radius 1 is 0.905 bits per heavy atom. The van der Waals surface area contributed by atoms with Crippen molar-refractivity contribution in [1.29, 1.82) is 0 Å². The van der Waals surface area contributed by atoms with Crippen molar-refractivity contribution >= 4 is 0 Å². The molecule has 2 N–H and O–H groups in total. The molecule has 0 bridgehead atoms. The van der Waals surface area contributed by atoms with E-state index in [-0.39, 0.29) is 6.10 Å². The number of rotatable bonds is 0. The summed E-state index contributed by atoms with van der Waals surface area (Å²) in [7, 11) is 0. The van der Waals surface area contributed by atoms with Crippen molar-refractivity contribution < 1.29 is 5.11 Å². The zero-order valence-electron chi connectivity index (χ0n) is 13.6. The fourth-order valence-electron chi connectivity index (χ4n) is 7.72. The number of piperidine rings is 1. The van der Waals surface area contributed by atoms with Gasteiger partial charge in [-0.3, -0.25) is 0 Å². The van der Waals surface area contributed by atoms with Crippen molar-refractivity contribution in [3.63, 3.8) is 0 Å². The first kappa shape index (κ1) is 13.4. The van der Waals surface area contributed by atoms with E-state index >= 15 is 0 Å². The molecule has 2 nitrogen and oxygen atoms in total. The second-order valence-electron chi connectivity index (χ2n) is 9.62. The minimum Gasteiger partial charge on any atom is -0.393 e. The van der Waals surface area contributed by atoms with E-state index in [4.69, 9.17) is 0 Å². The third-order valence-electron chi connectivity index (χ3n) is 8.98. The van der Waals surface area contributed by atoms with Crippen molar-refractivity contribution in [3.8, 4) is 0 Å². The zero-order valence-corrected chi connectivity index (χ0v) is 13.6. The fraction of sp³-hybridized carbons (Fsp3) is 1.00. The molecular formula is C19H31NO. The summed E-state index contributed by atoms with van der Waals surface area (Å²) in [6, 6.07) is 1.74. The number of aliphatic hydroxyl groups excluding tert-OH is 1. The molecule has 5 rings (SSSR count). The molecule has 1 aliphatic heterocycles. The number of aliphatic hydroxyl groups is 1. The highest BCUT2D eigenvalue weighted by Gasteiger charge is 2.66. The van der Waals surface area contributed by atoms with E-state index in [9.17, 15) is 5.11 Å². The first-order chi connectivity index (χ1) is 10.0. The molecule has 4 aliphatic carbocycles. The standard InChI is InChI=1S/C19H31NO/c1-18-7-5-12(21)9-11(18)3-4-13-14(18)6-8-19(2)15(13)10-16-17(19)20-16/h11-17,20-21H,3-10H2,1-2H3/t11?,12-,13+,14-,15-,16-,17-,18-,19-/m0/s1. The van der Waals surface area contributed by atoms with E-state index in [0.29, 0.717) is 10.8 Å². The smallest absolute Gasteiger partial charge is 0.0543 e. The second kappa shape index (κ2) is 4.06. The molecule has 21 heavy (non-hydrogen) atoms. The Morgan fingerprint density at radius 2 is 1.71 bits per heavy atom. The predicted octanol–water partition coefficient (Wildman–Crippen LogP) is 3.34. The summed E-state index contributed by atoms with van der Waals surface area (Å²) < 4.78 is 0. The van der Waals surface area contributed by atoms with Crippen LogP contribution in [0.2, 0.25) is 0 Å². The van der Waals surface area contributed by atoms with Gasteiger partial charge in [0.05, 0.1) is 6.10 Å². The summed E-state index contributed by atoms with van der Waals surface area (Å²) >= 11 is 0. The van der Waals surface area contributed by atoms with E-state index in [1.54, 1.807) is 0 Å². The Morgan fingerprint density at radius 3 is 2.57 bits per heavy atom. The second-order valence-corrected chi connectivity index (χ2v) is 9.62. The van der Waals surface area contributed by atoms with Crippen molar-refractivity contribution in [2.45, 2.75) is 83.4 Å². The summed E-state index contributed by atoms with van der Waals surface area (Å²) in [6.45, 7) is 5.19. The number of fused-ring (bicyclic) bond motifs is 7. The topological polar surface area (TPSA) is 42.2 Å². The minimum absolute atomic E-state index is 0.00296. The quantitative estimate of drug-likeness (QED) is 0.672. The largest absolute Gasteiger partial charge is 0.393 e. The lowest BCUT2D eigenvalue weighted by Gasteiger charge is -2.60. The molecule has 4 saturated carbocycles. The Bertz CT molecular complexity index is 464. The van der Waals surface area contributed by atoms with Gasteiger partial charge in [0, 0.05) is 12.1 Å². The Labute approximate surface area is 129 Å². The fourth-order valence-corrected chi connectivity index (χ4v) is 7.72. The maximum Gasteiger partial charge on any atom is 0.0543 e. The van der Waals surface area contributed by atoms with E-state index in [0.717, 1.165) is 48.6 Å². The molecule has 0 aromatic heterocycles. The lowest BCUT2D eigenvalue weighted by Crippen LogP contribution is -2.54. The third kappa shape index (κ3) is 1.62. The molecule has 5 aliphatic rings. The molecule has 2 heteroatoms. The Kier molecular flexibility index (Phi) is 2.58. The SMILES string of the molecule is C[C@]12CC[C@H]3[C@@H](CCC4C[C@@H](O)CC[C@@]43C)[C@@H]1C[C@@H]1N[C@@H]12. The molecule has 0 radical (unpaired) electrons. The van der Waals surface area contributed by atoms with Crippen LogP contribution in [0.25, 0.3) is 0 Å². The monoisotopic (exact) mass is 289 g/mol. The molecule has 1 unspecified atom stereocenters. The van der Waals surface area contributed by atoms with Crippen LogP contribution in [-0.2, 0) is 0 Å². The van der Waals surface area contributed by atoms with Crippen LogP contribution in [0.5, 0.6) is 0 Å². The molecule has 118 valence electrons. The molecule has 0 aromatic rings. The van der Waals surface area contributed by atoms with Gasteiger partial charge in [0.1, 0.15) is 0 Å². The summed E-state index contributed by atoms with van der Waals surface area (Å²) in [5, 5.41) is 13.8. The highest BCUT2D eigenvalue weighted by atomic mass is 16.3. The van der Waals surface area contributed by atoms with Gasteiger partial charge in [-0.15, -0.1) is 0 Å². The number of hydrogen-bond donors (Lipinski definition) is 2. The molecule has 0 spiro atoms. The van der Waals surface area contributed by atoms with Crippen molar-refractivity contribution in [2.75, 3.05) is 0 Å². The molecule has 1 heterocycles. The maximum absolute atomic E-state index is 10.1. The van der Waals surface area contributed by atoms with Gasteiger partial charge >= 0.3 is 0 Å². The number of hydrogen-bond acceptors (Lipinski definition) is 2. The average Bonchev–Trinajstić information content (AvgIpc) is 3.17. The van der Waals surface area contributed by atoms with Gasteiger partial charge in [0.25, 0.3) is 0 Å². The van der Waals surface area contributed by atoms with Gasteiger partial charge in [-0.05, 0) is 85.9 Å². The van der Waals surface area contributed by atoms with E-state index in [2.05, 4.69) is 19.2 Å². The van der Waals surface area contributed by atoms with E-state index in [1.807, 2.05) is 0 Å². The highest BCUT2D eigenvalue weighted by Crippen LogP contribution is 2.68. The lowest BCUT2D eigenvalue weighted by atomic mass is 9.45. The minimum atomic E-state index is -0.00296. The van der Waals surface area contributed by atoms with Gasteiger partial charge in [-0.2, -0.15) is 0 Å². The van der Waals surface area contributed by atoms with Gasteiger partial charge in [-0.1, -0.05) is 13.8 Å². The first-order valence-electron chi connectivity index (χ1n) is 9.46. The summed E-state index contributed by atoms with van der Waals surface area (Å²) in [5.74, 6) is 3.76. The molecular weight excluding hydrogens is 258 g/mol. The van der Waals surface area contributed by atoms with Gasteiger partial charge in [0.2, 0.25) is 0 Å². The van der Waals surface area contributed by atoms with Crippen molar-refractivity contribution in [1.82, 2.24) is 5.32 Å². The maximum atomic E-state index is 10.1. The van der Waals surface area contributed by atoms with Gasteiger partial charge in [0.15, 0.2) is 0 Å². The van der Waals surface area contributed by atoms with Gasteiger partial charge < -0.3 is 10.4 Å². The van der Waals surface area contributed by atoms with Crippen molar-refractivity contribution in [3.05, 3.63) is 0 Å². The molecule has 5 fully saturated rings. The summed E-state index contributed by atoms with van der Waals surface area (Å²) in [6.07, 6.45) is 10.7. The van der Waals surface area contributed by atoms with Crippen molar-refractivity contribution in [2.24, 2.45) is 34.5 Å². The Hall–Kier alpha value is -0.0800. The van der Waals surface area contributed by atoms with Crippen LogP contribution in [0, 0.1) is 34.5 Å². The normalized spacial score (nSPS) is 65.0. The summed E-state index contributed by atoms with van der Waals surface area (Å²) in [5.41, 5.74) is 1.16. The van der Waals surface area contributed by atoms with E-state index in [1.165, 1.54) is 38.5 Å². The van der Waals surface area contributed by atoms with Crippen LogP contribution in [-0.4, -0.2) is 23.3 Å². The summed E-state index contributed by atoms with van der Waals surface area (Å²) in [4.78, 5) is 0. The zero-order chi connectivity index (χ0) is 14.4. The van der Waals surface area contributed by atoms with Gasteiger partial charge in [-0.25, -0.2) is 0 Å². The molecule has 9 atom stereocenters. The van der Waals surface area contributed by atoms with Crippen LogP contribution < -0.4 is 5.32 Å². The van der Waals surface area contributed by atoms with Crippen LogP contribution in [0.4, 0.5) is 0 Å². The predicted molar refractivity (Wildman–Crippen MR) is 83.8 cm³/mol.